The van der Waals surface area contributed by atoms with E-state index in [1.165, 1.54) is 5.69 Å². The standard InChI is InChI=1S/C24H30N4O2/c1-19(29)20-9-11-21(12-10-20)25-24(30)28-13-5-8-23(18-28)27-16-14-26(15-17-27)22-6-3-2-4-7-22/h2-4,6-7,9-12,23H,5,8,13-18H2,1H3,(H,25,30)/t23-/m0/s1. The highest BCUT2D eigenvalue weighted by Gasteiger charge is 2.30. The summed E-state index contributed by atoms with van der Waals surface area (Å²) in [7, 11) is 0. The van der Waals surface area contributed by atoms with E-state index in [1.54, 1.807) is 31.2 Å². The molecule has 0 bridgehead atoms. The molecule has 0 spiro atoms. The van der Waals surface area contributed by atoms with Crippen LogP contribution in [0, 0.1) is 0 Å². The maximum absolute atomic E-state index is 12.8. The van der Waals surface area contributed by atoms with Crippen molar-refractivity contribution in [2.75, 3.05) is 49.5 Å². The van der Waals surface area contributed by atoms with E-state index >= 15 is 0 Å². The molecule has 0 unspecified atom stereocenters. The number of amides is 2. The number of nitrogens with zero attached hydrogens (tertiary/aromatic N) is 3. The van der Waals surface area contributed by atoms with Gasteiger partial charge in [0, 0.05) is 62.2 Å². The van der Waals surface area contributed by atoms with Crippen LogP contribution in [0.25, 0.3) is 0 Å². The number of nitrogens with one attached hydrogen (secondary N) is 1. The lowest BCUT2D eigenvalue weighted by Crippen LogP contribution is -2.56. The van der Waals surface area contributed by atoms with Crippen LogP contribution >= 0.6 is 0 Å². The first-order valence-corrected chi connectivity index (χ1v) is 10.8. The molecule has 0 aromatic heterocycles. The molecule has 2 saturated heterocycles. The number of ketones is 1. The lowest BCUT2D eigenvalue weighted by Gasteiger charge is -2.43. The van der Waals surface area contributed by atoms with Gasteiger partial charge in [0.15, 0.2) is 5.78 Å². The molecule has 0 radical (unpaired) electrons. The number of likely N-dealkylation sites (tertiary alicyclic amines) is 1. The number of carbonyl (C=O) groups is 2. The van der Waals surface area contributed by atoms with Crippen LogP contribution < -0.4 is 10.2 Å². The van der Waals surface area contributed by atoms with Gasteiger partial charge in [0.05, 0.1) is 0 Å². The fraction of sp³-hybridized carbons (Fsp3) is 0.417. The molecule has 158 valence electrons. The molecule has 0 saturated carbocycles. The summed E-state index contributed by atoms with van der Waals surface area (Å²) in [6.07, 6.45) is 2.17. The SMILES string of the molecule is CC(=O)c1ccc(NC(=O)N2CCC[C@H](N3CCN(c4ccccc4)CC3)C2)cc1. The number of anilines is 2. The van der Waals surface area contributed by atoms with Crippen LogP contribution in [0.3, 0.4) is 0 Å². The van der Waals surface area contributed by atoms with Crippen LogP contribution in [0.4, 0.5) is 16.2 Å². The number of benzene rings is 2. The predicted molar refractivity (Wildman–Crippen MR) is 120 cm³/mol. The Hall–Kier alpha value is -2.86. The molecule has 1 N–H and O–H groups in total. The van der Waals surface area contributed by atoms with E-state index in [1.807, 2.05) is 4.90 Å². The maximum Gasteiger partial charge on any atom is 0.321 e. The normalized spacial score (nSPS) is 20.1. The first kappa shape index (κ1) is 20.4. The summed E-state index contributed by atoms with van der Waals surface area (Å²) in [6.45, 7) is 7.20. The zero-order valence-corrected chi connectivity index (χ0v) is 17.6. The largest absolute Gasteiger partial charge is 0.369 e. The van der Waals surface area contributed by atoms with E-state index in [-0.39, 0.29) is 11.8 Å². The van der Waals surface area contributed by atoms with Gasteiger partial charge in [-0.2, -0.15) is 0 Å². The summed E-state index contributed by atoms with van der Waals surface area (Å²) in [5, 5.41) is 2.98. The summed E-state index contributed by atoms with van der Waals surface area (Å²) >= 11 is 0. The number of hydrogen-bond donors (Lipinski definition) is 1. The minimum atomic E-state index is -0.0572. The number of Topliss-reactive ketones (excluding diaryl/α,β-unsaturated/α-hetero) is 1. The molecule has 2 fully saturated rings. The van der Waals surface area contributed by atoms with E-state index in [0.717, 1.165) is 57.8 Å². The van der Waals surface area contributed by atoms with Crippen molar-refractivity contribution in [1.82, 2.24) is 9.80 Å². The second kappa shape index (κ2) is 9.30. The van der Waals surface area contributed by atoms with Crippen molar-refractivity contribution in [1.29, 1.82) is 0 Å². The number of piperidine rings is 1. The first-order valence-electron chi connectivity index (χ1n) is 10.8. The molecule has 2 aromatic rings. The van der Waals surface area contributed by atoms with Gasteiger partial charge in [0.2, 0.25) is 0 Å². The van der Waals surface area contributed by atoms with Crippen molar-refractivity contribution in [2.45, 2.75) is 25.8 Å². The number of hydrogen-bond acceptors (Lipinski definition) is 4. The van der Waals surface area contributed by atoms with Gasteiger partial charge in [-0.3, -0.25) is 9.69 Å². The van der Waals surface area contributed by atoms with Gasteiger partial charge in [-0.05, 0) is 56.2 Å². The third kappa shape index (κ3) is 4.82. The Bertz CT molecular complexity index is 861. The summed E-state index contributed by atoms with van der Waals surface area (Å²) in [5.74, 6) is 0.0270. The second-order valence-electron chi connectivity index (χ2n) is 8.16. The molecule has 2 aliphatic rings. The summed E-state index contributed by atoms with van der Waals surface area (Å²) in [4.78, 5) is 31.1. The Morgan fingerprint density at radius 1 is 0.900 bits per heavy atom. The average Bonchev–Trinajstić information content (AvgIpc) is 2.80. The molecule has 2 aromatic carbocycles. The molecular formula is C24H30N4O2. The van der Waals surface area contributed by atoms with E-state index in [4.69, 9.17) is 0 Å². The minimum Gasteiger partial charge on any atom is -0.369 e. The fourth-order valence-corrected chi connectivity index (χ4v) is 4.41. The van der Waals surface area contributed by atoms with Gasteiger partial charge in [0.25, 0.3) is 0 Å². The van der Waals surface area contributed by atoms with Crippen molar-refractivity contribution in [3.63, 3.8) is 0 Å². The number of para-hydroxylation sites is 1. The molecule has 6 heteroatoms. The smallest absolute Gasteiger partial charge is 0.321 e. The predicted octanol–water partition coefficient (Wildman–Crippen LogP) is 3.71. The molecule has 2 aliphatic heterocycles. The topological polar surface area (TPSA) is 55.9 Å². The molecule has 4 rings (SSSR count). The van der Waals surface area contributed by atoms with Crippen LogP contribution in [0.1, 0.15) is 30.1 Å². The summed E-state index contributed by atoms with van der Waals surface area (Å²) < 4.78 is 0. The summed E-state index contributed by atoms with van der Waals surface area (Å²) in [5.41, 5.74) is 2.67. The second-order valence-corrected chi connectivity index (χ2v) is 8.16. The van der Waals surface area contributed by atoms with E-state index in [0.29, 0.717) is 11.6 Å². The highest BCUT2D eigenvalue weighted by atomic mass is 16.2. The van der Waals surface area contributed by atoms with Gasteiger partial charge in [-0.1, -0.05) is 18.2 Å². The van der Waals surface area contributed by atoms with Gasteiger partial charge in [-0.25, -0.2) is 4.79 Å². The quantitative estimate of drug-likeness (QED) is 0.787. The van der Waals surface area contributed by atoms with Crippen molar-refractivity contribution >= 4 is 23.2 Å². The number of rotatable bonds is 4. The van der Waals surface area contributed by atoms with Crippen molar-refractivity contribution in [2.24, 2.45) is 0 Å². The first-order chi connectivity index (χ1) is 14.6. The third-order valence-corrected chi connectivity index (χ3v) is 6.18. The van der Waals surface area contributed by atoms with Crippen molar-refractivity contribution < 1.29 is 9.59 Å². The number of piperazine rings is 1. The lowest BCUT2D eigenvalue weighted by atomic mass is 10.0. The zero-order valence-electron chi connectivity index (χ0n) is 17.6. The zero-order chi connectivity index (χ0) is 20.9. The molecule has 2 amide bonds. The number of urea groups is 1. The van der Waals surface area contributed by atoms with Gasteiger partial charge < -0.3 is 15.1 Å². The molecule has 0 aliphatic carbocycles. The van der Waals surface area contributed by atoms with Crippen LogP contribution in [0.5, 0.6) is 0 Å². The van der Waals surface area contributed by atoms with Gasteiger partial charge in [0.1, 0.15) is 0 Å². The van der Waals surface area contributed by atoms with Crippen LogP contribution in [-0.4, -0.2) is 66.9 Å². The Morgan fingerprint density at radius 3 is 2.27 bits per heavy atom. The van der Waals surface area contributed by atoms with Crippen LogP contribution in [0.15, 0.2) is 54.6 Å². The Morgan fingerprint density at radius 2 is 1.60 bits per heavy atom. The van der Waals surface area contributed by atoms with E-state index in [2.05, 4.69) is 45.4 Å². The molecule has 2 heterocycles. The lowest BCUT2D eigenvalue weighted by molar-refractivity contribution is 0.101. The highest BCUT2D eigenvalue weighted by molar-refractivity contribution is 5.95. The average molecular weight is 407 g/mol. The van der Waals surface area contributed by atoms with Crippen LogP contribution in [-0.2, 0) is 0 Å². The highest BCUT2D eigenvalue weighted by Crippen LogP contribution is 2.21. The Labute approximate surface area is 178 Å². The molecule has 1 atom stereocenters. The van der Waals surface area contributed by atoms with Gasteiger partial charge >= 0.3 is 6.03 Å². The fourth-order valence-electron chi connectivity index (χ4n) is 4.41. The Balaban J connectivity index is 1.30. The minimum absolute atomic E-state index is 0.0270. The maximum atomic E-state index is 12.8. The number of carbonyl (C=O) groups excluding carboxylic acids is 2. The van der Waals surface area contributed by atoms with Gasteiger partial charge in [-0.15, -0.1) is 0 Å². The summed E-state index contributed by atoms with van der Waals surface area (Å²) in [6, 6.07) is 18.0. The van der Waals surface area contributed by atoms with E-state index < -0.39 is 0 Å². The molecule has 6 nitrogen and oxygen atoms in total. The monoisotopic (exact) mass is 406 g/mol. The van der Waals surface area contributed by atoms with Crippen molar-refractivity contribution in [3.8, 4) is 0 Å². The molecule has 30 heavy (non-hydrogen) atoms. The van der Waals surface area contributed by atoms with Crippen LogP contribution in [0.2, 0.25) is 0 Å². The third-order valence-electron chi connectivity index (χ3n) is 6.18. The Kier molecular flexibility index (Phi) is 6.33. The molecular weight excluding hydrogens is 376 g/mol. The van der Waals surface area contributed by atoms with Crippen molar-refractivity contribution in [3.05, 3.63) is 60.2 Å². The van der Waals surface area contributed by atoms with E-state index in [9.17, 15) is 9.59 Å².